The van der Waals surface area contributed by atoms with Gasteiger partial charge in [0.05, 0.1) is 6.10 Å². The fraction of sp³-hybridized carbons (Fsp3) is 0.583. The predicted molar refractivity (Wildman–Crippen MR) is 57.8 cm³/mol. The lowest BCUT2D eigenvalue weighted by Crippen LogP contribution is -2.30. The second kappa shape index (κ2) is 5.56. The lowest BCUT2D eigenvalue weighted by atomic mass is 9.95. The highest BCUT2D eigenvalue weighted by Crippen LogP contribution is 2.26. The summed E-state index contributed by atoms with van der Waals surface area (Å²) >= 11 is 0. The van der Waals surface area contributed by atoms with Crippen LogP contribution in [0.3, 0.4) is 0 Å². The highest BCUT2D eigenvalue weighted by molar-refractivity contribution is 5.15. The SMILES string of the molecule is COC1CCCC(Oc2nc(F)c(F)cc2F)C1. The fourth-order valence-corrected chi connectivity index (χ4v) is 2.09. The molecule has 1 fully saturated rings. The predicted octanol–water partition coefficient (Wildman–Crippen LogP) is 2.84. The number of methoxy groups -OCH3 is 1. The zero-order chi connectivity index (χ0) is 13.1. The molecule has 0 bridgehead atoms. The van der Waals surface area contributed by atoms with E-state index in [9.17, 15) is 13.2 Å². The van der Waals surface area contributed by atoms with Gasteiger partial charge in [0.1, 0.15) is 6.10 Å². The molecule has 1 aromatic rings. The molecule has 2 unspecified atom stereocenters. The topological polar surface area (TPSA) is 31.4 Å². The molecule has 1 aliphatic rings. The Balaban J connectivity index is 2.07. The minimum absolute atomic E-state index is 0.0529. The molecule has 6 heteroatoms. The Kier molecular flexibility index (Phi) is 4.06. The Bertz CT molecular complexity index is 428. The molecular weight excluding hydrogens is 247 g/mol. The van der Waals surface area contributed by atoms with E-state index in [4.69, 9.17) is 9.47 Å². The van der Waals surface area contributed by atoms with Gasteiger partial charge in [-0.25, -0.2) is 8.78 Å². The molecule has 2 atom stereocenters. The van der Waals surface area contributed by atoms with Crippen molar-refractivity contribution < 1.29 is 22.6 Å². The van der Waals surface area contributed by atoms with Crippen molar-refractivity contribution in [1.29, 1.82) is 0 Å². The molecule has 0 N–H and O–H groups in total. The van der Waals surface area contributed by atoms with Crippen LogP contribution in [-0.2, 0) is 4.74 Å². The van der Waals surface area contributed by atoms with E-state index in [-0.39, 0.29) is 12.2 Å². The summed E-state index contributed by atoms with van der Waals surface area (Å²) in [5.41, 5.74) is 0. The first kappa shape index (κ1) is 13.1. The van der Waals surface area contributed by atoms with Gasteiger partial charge in [-0.1, -0.05) is 0 Å². The Hall–Kier alpha value is -1.30. The summed E-state index contributed by atoms with van der Waals surface area (Å²) in [5.74, 6) is -4.16. The maximum absolute atomic E-state index is 13.3. The second-order valence-electron chi connectivity index (χ2n) is 4.31. The van der Waals surface area contributed by atoms with E-state index in [0.717, 1.165) is 19.3 Å². The van der Waals surface area contributed by atoms with E-state index in [1.165, 1.54) is 0 Å². The molecule has 3 nitrogen and oxygen atoms in total. The van der Waals surface area contributed by atoms with Gasteiger partial charge in [0.15, 0.2) is 11.6 Å². The third-order valence-electron chi connectivity index (χ3n) is 3.04. The third kappa shape index (κ3) is 2.93. The first-order valence-corrected chi connectivity index (χ1v) is 5.81. The maximum Gasteiger partial charge on any atom is 0.253 e. The van der Waals surface area contributed by atoms with Gasteiger partial charge in [-0.2, -0.15) is 9.37 Å². The number of aromatic nitrogens is 1. The van der Waals surface area contributed by atoms with E-state index < -0.39 is 23.5 Å². The summed E-state index contributed by atoms with van der Waals surface area (Å²) in [5, 5.41) is 0. The first-order chi connectivity index (χ1) is 8.60. The lowest BCUT2D eigenvalue weighted by Gasteiger charge is -2.28. The molecule has 0 aliphatic heterocycles. The van der Waals surface area contributed by atoms with Crippen LogP contribution in [0.5, 0.6) is 5.88 Å². The largest absolute Gasteiger partial charge is 0.472 e. The van der Waals surface area contributed by atoms with E-state index in [1.54, 1.807) is 7.11 Å². The number of ether oxygens (including phenoxy) is 2. The van der Waals surface area contributed by atoms with E-state index in [2.05, 4.69) is 4.98 Å². The lowest BCUT2D eigenvalue weighted by molar-refractivity contribution is 0.0177. The number of hydrogen-bond donors (Lipinski definition) is 0. The molecule has 18 heavy (non-hydrogen) atoms. The molecule has 0 radical (unpaired) electrons. The van der Waals surface area contributed by atoms with Gasteiger partial charge < -0.3 is 9.47 Å². The highest BCUT2D eigenvalue weighted by atomic mass is 19.2. The number of rotatable bonds is 3. The van der Waals surface area contributed by atoms with Crippen molar-refractivity contribution in [2.24, 2.45) is 0 Å². The molecular formula is C12H14F3NO2. The fourth-order valence-electron chi connectivity index (χ4n) is 2.09. The minimum Gasteiger partial charge on any atom is -0.472 e. The highest BCUT2D eigenvalue weighted by Gasteiger charge is 2.25. The molecule has 100 valence electrons. The molecule has 0 aromatic carbocycles. The molecule has 1 saturated carbocycles. The van der Waals surface area contributed by atoms with Crippen LogP contribution in [0, 0.1) is 17.6 Å². The van der Waals surface area contributed by atoms with Crippen molar-refractivity contribution >= 4 is 0 Å². The Morgan fingerprint density at radius 2 is 1.89 bits per heavy atom. The van der Waals surface area contributed by atoms with Crippen molar-refractivity contribution in [3.05, 3.63) is 23.6 Å². The van der Waals surface area contributed by atoms with E-state index >= 15 is 0 Å². The quantitative estimate of drug-likeness (QED) is 0.784. The van der Waals surface area contributed by atoms with Crippen LogP contribution in [0.25, 0.3) is 0 Å². The number of halogens is 3. The van der Waals surface area contributed by atoms with Gasteiger partial charge >= 0.3 is 0 Å². The average Bonchev–Trinajstić information content (AvgIpc) is 2.36. The van der Waals surface area contributed by atoms with E-state index in [1.807, 2.05) is 0 Å². The zero-order valence-corrected chi connectivity index (χ0v) is 9.96. The number of nitrogens with zero attached hydrogens (tertiary/aromatic N) is 1. The number of pyridine rings is 1. The Morgan fingerprint density at radius 1 is 1.17 bits per heavy atom. The van der Waals surface area contributed by atoms with Gasteiger partial charge in [0.25, 0.3) is 11.8 Å². The van der Waals surface area contributed by atoms with Gasteiger partial charge in [-0.15, -0.1) is 0 Å². The Labute approximate surface area is 103 Å². The van der Waals surface area contributed by atoms with E-state index in [0.29, 0.717) is 12.5 Å². The summed E-state index contributed by atoms with van der Waals surface area (Å²) in [6, 6.07) is 0.439. The van der Waals surface area contributed by atoms with Crippen LogP contribution in [0.2, 0.25) is 0 Å². The molecule has 0 saturated heterocycles. The van der Waals surface area contributed by atoms with Crippen LogP contribution in [-0.4, -0.2) is 24.3 Å². The van der Waals surface area contributed by atoms with Crippen LogP contribution in [0.4, 0.5) is 13.2 Å². The summed E-state index contributed by atoms with van der Waals surface area (Å²) in [6.45, 7) is 0. The molecule has 1 aliphatic carbocycles. The van der Waals surface area contributed by atoms with Crippen molar-refractivity contribution in [2.45, 2.75) is 37.9 Å². The number of hydrogen-bond acceptors (Lipinski definition) is 3. The van der Waals surface area contributed by atoms with Crippen LogP contribution in [0.1, 0.15) is 25.7 Å². The smallest absolute Gasteiger partial charge is 0.253 e. The molecule has 1 aromatic heterocycles. The van der Waals surface area contributed by atoms with Crippen molar-refractivity contribution in [3.63, 3.8) is 0 Å². The van der Waals surface area contributed by atoms with Gasteiger partial charge in [-0.3, -0.25) is 0 Å². The normalized spacial score (nSPS) is 24.0. The molecule has 2 rings (SSSR count). The van der Waals surface area contributed by atoms with Crippen molar-refractivity contribution in [3.8, 4) is 5.88 Å². The van der Waals surface area contributed by atoms with Crippen LogP contribution < -0.4 is 4.74 Å². The summed E-state index contributed by atoms with van der Waals surface area (Å²) in [7, 11) is 1.60. The standard InChI is InChI=1S/C12H14F3NO2/c1-17-7-3-2-4-8(5-7)18-12-10(14)6-9(13)11(15)16-12/h6-8H,2-5H2,1H3. The molecule has 1 heterocycles. The molecule has 0 amide bonds. The van der Waals surface area contributed by atoms with Crippen LogP contribution >= 0.6 is 0 Å². The minimum atomic E-state index is -1.36. The van der Waals surface area contributed by atoms with Crippen LogP contribution in [0.15, 0.2) is 6.07 Å². The maximum atomic E-state index is 13.3. The summed E-state index contributed by atoms with van der Waals surface area (Å²) in [4.78, 5) is 3.14. The average molecular weight is 261 g/mol. The van der Waals surface area contributed by atoms with Gasteiger partial charge in [-0.05, 0) is 19.3 Å². The monoisotopic (exact) mass is 261 g/mol. The second-order valence-corrected chi connectivity index (χ2v) is 4.31. The summed E-state index contributed by atoms with van der Waals surface area (Å²) in [6.07, 6.45) is 2.89. The van der Waals surface area contributed by atoms with Gasteiger partial charge in [0, 0.05) is 19.6 Å². The molecule has 0 spiro atoms. The van der Waals surface area contributed by atoms with Crippen molar-refractivity contribution in [1.82, 2.24) is 4.98 Å². The third-order valence-corrected chi connectivity index (χ3v) is 3.04. The summed E-state index contributed by atoms with van der Waals surface area (Å²) < 4.78 is 49.4. The first-order valence-electron chi connectivity index (χ1n) is 5.81. The van der Waals surface area contributed by atoms with Gasteiger partial charge in [0.2, 0.25) is 0 Å². The van der Waals surface area contributed by atoms with Crippen molar-refractivity contribution in [2.75, 3.05) is 7.11 Å². The Morgan fingerprint density at radius 3 is 2.61 bits per heavy atom. The zero-order valence-electron chi connectivity index (χ0n) is 9.96.